The Bertz CT molecular complexity index is 1160. The highest BCUT2D eigenvalue weighted by Gasteiger charge is 2.48. The van der Waals surface area contributed by atoms with Crippen LogP contribution in [0.1, 0.15) is 43.3 Å². The van der Waals surface area contributed by atoms with Gasteiger partial charge in [-0.15, -0.1) is 0 Å². The third-order valence-electron chi connectivity index (χ3n) is 6.22. The summed E-state index contributed by atoms with van der Waals surface area (Å²) in [6.07, 6.45) is 0.473. The molecule has 0 saturated carbocycles. The van der Waals surface area contributed by atoms with Gasteiger partial charge in [-0.25, -0.2) is 4.79 Å². The lowest BCUT2D eigenvalue weighted by Crippen LogP contribution is -2.43. The number of hydrogen-bond donors (Lipinski definition) is 1. The second-order valence-corrected chi connectivity index (χ2v) is 8.55. The minimum absolute atomic E-state index is 0.0992. The van der Waals surface area contributed by atoms with Crippen molar-refractivity contribution in [3.8, 4) is 0 Å². The summed E-state index contributed by atoms with van der Waals surface area (Å²) >= 11 is 0. The minimum Gasteiger partial charge on any atom is -0.468 e. The van der Waals surface area contributed by atoms with Crippen molar-refractivity contribution in [2.75, 3.05) is 7.11 Å². The monoisotopic (exact) mass is 449 g/mol. The van der Waals surface area contributed by atoms with E-state index in [0.29, 0.717) is 40.5 Å². The highest BCUT2D eigenvalue weighted by Crippen LogP contribution is 2.45. The molecule has 2 heterocycles. The van der Waals surface area contributed by atoms with E-state index < -0.39 is 23.8 Å². The molecular weight excluding hydrogens is 422 g/mol. The number of benzene rings is 1. The molecular formula is C26H27NO6. The lowest BCUT2D eigenvalue weighted by molar-refractivity contribution is -0.151. The highest BCUT2D eigenvalue weighted by atomic mass is 16.5. The number of esters is 2. The van der Waals surface area contributed by atoms with Gasteiger partial charge in [0.2, 0.25) is 0 Å². The Balaban J connectivity index is 1.74. The summed E-state index contributed by atoms with van der Waals surface area (Å²) in [7, 11) is 1.27. The molecule has 0 amide bonds. The Kier molecular flexibility index (Phi) is 6.22. The number of methoxy groups -OCH3 is 1. The molecule has 0 unspecified atom stereocenters. The Morgan fingerprint density at radius 3 is 2.48 bits per heavy atom. The molecule has 0 fully saturated rings. The number of ether oxygens (including phenoxy) is 2. The van der Waals surface area contributed by atoms with Gasteiger partial charge < -0.3 is 19.2 Å². The normalized spacial score (nSPS) is 22.5. The second-order valence-electron chi connectivity index (χ2n) is 8.55. The summed E-state index contributed by atoms with van der Waals surface area (Å²) in [5.74, 6) is -2.32. The zero-order chi connectivity index (χ0) is 23.7. The fourth-order valence-electron chi connectivity index (χ4n) is 4.65. The maximum absolute atomic E-state index is 13.6. The van der Waals surface area contributed by atoms with Crippen LogP contribution in [0.15, 0.2) is 69.4 Å². The Morgan fingerprint density at radius 1 is 1.12 bits per heavy atom. The van der Waals surface area contributed by atoms with Crippen LogP contribution in [0.4, 0.5) is 0 Å². The van der Waals surface area contributed by atoms with Crippen molar-refractivity contribution >= 4 is 17.7 Å². The smallest absolute Gasteiger partial charge is 0.337 e. The zero-order valence-electron chi connectivity index (χ0n) is 19.1. The van der Waals surface area contributed by atoms with Crippen molar-refractivity contribution in [1.29, 1.82) is 0 Å². The van der Waals surface area contributed by atoms with E-state index in [2.05, 4.69) is 5.32 Å². The molecule has 7 nitrogen and oxygen atoms in total. The molecule has 1 aliphatic heterocycles. The van der Waals surface area contributed by atoms with E-state index in [1.54, 1.807) is 26.0 Å². The van der Waals surface area contributed by atoms with Crippen molar-refractivity contribution in [3.63, 3.8) is 0 Å². The molecule has 1 aromatic carbocycles. The number of nitrogens with one attached hydrogen (secondary N) is 1. The zero-order valence-corrected chi connectivity index (χ0v) is 19.1. The molecule has 0 bridgehead atoms. The number of Topliss-reactive ketones (excluding diaryl/α,β-unsaturated/α-hetero) is 1. The van der Waals surface area contributed by atoms with Crippen molar-refractivity contribution in [1.82, 2.24) is 5.32 Å². The van der Waals surface area contributed by atoms with E-state index in [4.69, 9.17) is 13.9 Å². The second kappa shape index (κ2) is 9.10. The van der Waals surface area contributed by atoms with Gasteiger partial charge in [0.25, 0.3) is 0 Å². The molecule has 2 aliphatic rings. The number of rotatable bonds is 5. The molecule has 1 N–H and O–H groups in total. The van der Waals surface area contributed by atoms with Crippen LogP contribution < -0.4 is 5.32 Å². The van der Waals surface area contributed by atoms with Crippen LogP contribution in [0, 0.1) is 18.8 Å². The van der Waals surface area contributed by atoms with Crippen LogP contribution in [0.5, 0.6) is 0 Å². The largest absolute Gasteiger partial charge is 0.468 e. The fourth-order valence-corrected chi connectivity index (χ4v) is 4.65. The van der Waals surface area contributed by atoms with Gasteiger partial charge in [-0.1, -0.05) is 37.3 Å². The summed E-state index contributed by atoms with van der Waals surface area (Å²) in [6, 6.07) is 12.9. The molecule has 33 heavy (non-hydrogen) atoms. The van der Waals surface area contributed by atoms with E-state index in [0.717, 1.165) is 5.56 Å². The molecule has 1 aliphatic carbocycles. The van der Waals surface area contributed by atoms with E-state index in [1.807, 2.05) is 37.3 Å². The number of hydrogen-bond acceptors (Lipinski definition) is 7. The number of allylic oxidation sites excluding steroid dienone is 3. The fraction of sp³-hybridized carbons (Fsp3) is 0.346. The van der Waals surface area contributed by atoms with E-state index in [1.165, 1.54) is 7.11 Å². The lowest BCUT2D eigenvalue weighted by atomic mass is 9.70. The van der Waals surface area contributed by atoms with Crippen molar-refractivity contribution in [2.45, 2.75) is 39.7 Å². The molecule has 0 radical (unpaired) electrons. The molecule has 1 aromatic heterocycles. The number of ketones is 1. The first-order valence-electron chi connectivity index (χ1n) is 10.9. The first-order valence-corrected chi connectivity index (χ1v) is 10.9. The predicted octanol–water partition coefficient (Wildman–Crippen LogP) is 3.94. The Hall–Kier alpha value is -3.61. The number of carbonyl (C=O) groups excluding carboxylic acids is 3. The van der Waals surface area contributed by atoms with Gasteiger partial charge >= 0.3 is 11.9 Å². The molecule has 0 spiro atoms. The van der Waals surface area contributed by atoms with Gasteiger partial charge in [0.15, 0.2) is 5.78 Å². The van der Waals surface area contributed by atoms with E-state index in [9.17, 15) is 14.4 Å². The summed E-state index contributed by atoms with van der Waals surface area (Å²) < 4.78 is 16.4. The van der Waals surface area contributed by atoms with Crippen LogP contribution >= 0.6 is 0 Å². The standard InChI is InChI=1S/C26H27NO6/c1-14-12-18-22(24(28)20(14)25(29)31-4)23(19-11-10-15(2)33-19)21(16(3)27-18)26(30)32-13-17-8-6-5-7-9-17/h5-11,14,20,23,27H,12-13H2,1-4H3/t14-,20-,23+/m1/s1. The Labute approximate surface area is 192 Å². The van der Waals surface area contributed by atoms with E-state index in [-0.39, 0.29) is 18.3 Å². The average molecular weight is 450 g/mol. The SMILES string of the molecule is COC(=O)[C@H]1C(=O)C2=C(C[C@H]1C)NC(C)=C(C(=O)OCc1ccccc1)[C@@H]2c1ccc(C)o1. The Morgan fingerprint density at radius 2 is 1.85 bits per heavy atom. The molecule has 2 aromatic rings. The topological polar surface area (TPSA) is 94.8 Å². The molecule has 172 valence electrons. The lowest BCUT2D eigenvalue weighted by Gasteiger charge is -2.37. The van der Waals surface area contributed by atoms with Crippen LogP contribution in [-0.4, -0.2) is 24.8 Å². The maximum Gasteiger partial charge on any atom is 0.337 e. The first kappa shape index (κ1) is 22.6. The summed E-state index contributed by atoms with van der Waals surface area (Å²) in [5.41, 5.74) is 2.80. The third-order valence-corrected chi connectivity index (χ3v) is 6.22. The van der Waals surface area contributed by atoms with Crippen molar-refractivity contribution < 1.29 is 28.3 Å². The summed E-state index contributed by atoms with van der Waals surface area (Å²) in [5, 5.41) is 3.24. The summed E-state index contributed by atoms with van der Waals surface area (Å²) in [4.78, 5) is 39.3. The van der Waals surface area contributed by atoms with Crippen molar-refractivity contribution in [2.24, 2.45) is 11.8 Å². The number of aryl methyl sites for hydroxylation is 1. The molecule has 7 heteroatoms. The number of furan rings is 1. The predicted molar refractivity (Wildman–Crippen MR) is 120 cm³/mol. The van der Waals surface area contributed by atoms with Gasteiger partial charge in [-0.3, -0.25) is 9.59 Å². The minimum atomic E-state index is -0.936. The average Bonchev–Trinajstić information content (AvgIpc) is 3.23. The molecule has 4 rings (SSSR count). The quantitative estimate of drug-likeness (QED) is 0.546. The first-order chi connectivity index (χ1) is 15.8. The van der Waals surface area contributed by atoms with Crippen LogP contribution in [-0.2, 0) is 30.5 Å². The van der Waals surface area contributed by atoms with Crippen molar-refractivity contribution in [3.05, 3.63) is 82.1 Å². The van der Waals surface area contributed by atoms with Gasteiger partial charge in [-0.05, 0) is 43.9 Å². The molecule has 0 saturated heterocycles. The van der Waals surface area contributed by atoms with Gasteiger partial charge in [0.1, 0.15) is 24.0 Å². The van der Waals surface area contributed by atoms with Gasteiger partial charge in [0.05, 0.1) is 18.6 Å². The number of dihydropyridines is 1. The maximum atomic E-state index is 13.6. The van der Waals surface area contributed by atoms with Gasteiger partial charge in [-0.2, -0.15) is 0 Å². The number of carbonyl (C=O) groups is 3. The molecule has 3 atom stereocenters. The highest BCUT2D eigenvalue weighted by molar-refractivity contribution is 6.12. The van der Waals surface area contributed by atoms with E-state index >= 15 is 0 Å². The third kappa shape index (κ3) is 4.23. The van der Waals surface area contributed by atoms with Crippen LogP contribution in [0.2, 0.25) is 0 Å². The summed E-state index contributed by atoms with van der Waals surface area (Å²) in [6.45, 7) is 5.53. The van der Waals surface area contributed by atoms with Crippen LogP contribution in [0.3, 0.4) is 0 Å². The van der Waals surface area contributed by atoms with Crippen LogP contribution in [0.25, 0.3) is 0 Å². The van der Waals surface area contributed by atoms with Gasteiger partial charge in [0, 0.05) is 17.0 Å².